The van der Waals surface area contributed by atoms with Gasteiger partial charge in [-0.05, 0) is 24.6 Å². The number of carboxylic acids is 1. The van der Waals surface area contributed by atoms with Crippen LogP contribution >= 0.6 is 11.6 Å². The number of rotatable bonds is 5. The van der Waals surface area contributed by atoms with Crippen molar-refractivity contribution < 1.29 is 15.0 Å². The highest BCUT2D eigenvalue weighted by Gasteiger charge is 2.29. The van der Waals surface area contributed by atoms with Crippen LogP contribution in [-0.2, 0) is 11.4 Å². The first kappa shape index (κ1) is 18.3. The van der Waals surface area contributed by atoms with E-state index in [9.17, 15) is 9.90 Å². The number of carbonyl (C=O) groups is 1. The molecule has 0 bridgehead atoms. The normalized spacial score (nSPS) is 15.4. The summed E-state index contributed by atoms with van der Waals surface area (Å²) < 4.78 is 1.75. The molecule has 4 rings (SSSR count). The molecule has 28 heavy (non-hydrogen) atoms. The van der Waals surface area contributed by atoms with Gasteiger partial charge in [0.25, 0.3) is 0 Å². The summed E-state index contributed by atoms with van der Waals surface area (Å²) in [5.41, 5.74) is 3.10. The Morgan fingerprint density at radius 3 is 2.64 bits per heavy atom. The van der Waals surface area contributed by atoms with E-state index in [1.165, 1.54) is 0 Å². The van der Waals surface area contributed by atoms with Gasteiger partial charge in [-0.1, -0.05) is 41.9 Å². The highest BCUT2D eigenvalue weighted by molar-refractivity contribution is 6.31. The molecule has 8 heteroatoms. The molecule has 0 saturated heterocycles. The summed E-state index contributed by atoms with van der Waals surface area (Å²) in [6.45, 7) is -0.304. The third-order valence-corrected chi connectivity index (χ3v) is 4.85. The Kier molecular flexibility index (Phi) is 4.93. The van der Waals surface area contributed by atoms with Gasteiger partial charge in [0.05, 0.1) is 11.4 Å². The van der Waals surface area contributed by atoms with E-state index >= 15 is 0 Å². The SMILES string of the molecule is O=C(O)CCC1N=C(c2ccccc2)c2cc(Cl)ccc2-n2c(CO)nnc21. The fourth-order valence-electron chi connectivity index (χ4n) is 3.37. The molecule has 0 spiro atoms. The highest BCUT2D eigenvalue weighted by Crippen LogP contribution is 2.34. The zero-order valence-electron chi connectivity index (χ0n) is 14.8. The molecule has 3 aromatic rings. The molecule has 142 valence electrons. The van der Waals surface area contributed by atoms with Gasteiger partial charge in [0.2, 0.25) is 0 Å². The summed E-state index contributed by atoms with van der Waals surface area (Å²) in [4.78, 5) is 16.0. The molecule has 2 N–H and O–H groups in total. The minimum absolute atomic E-state index is 0.0609. The Hall–Kier alpha value is -3.03. The minimum atomic E-state index is -0.908. The van der Waals surface area contributed by atoms with Gasteiger partial charge in [-0.3, -0.25) is 14.4 Å². The summed E-state index contributed by atoms with van der Waals surface area (Å²) in [5, 5.41) is 27.8. The molecule has 1 unspecified atom stereocenters. The van der Waals surface area contributed by atoms with Crippen molar-refractivity contribution in [3.63, 3.8) is 0 Å². The van der Waals surface area contributed by atoms with Crippen LogP contribution in [0.1, 0.15) is 41.7 Å². The van der Waals surface area contributed by atoms with Crippen molar-refractivity contribution in [2.75, 3.05) is 0 Å². The zero-order chi connectivity index (χ0) is 19.7. The molecule has 0 saturated carbocycles. The van der Waals surface area contributed by atoms with Crippen LogP contribution in [0.5, 0.6) is 0 Å². The first-order chi connectivity index (χ1) is 13.6. The van der Waals surface area contributed by atoms with Crippen molar-refractivity contribution in [3.05, 3.63) is 76.3 Å². The van der Waals surface area contributed by atoms with E-state index in [-0.39, 0.29) is 19.4 Å². The molecule has 0 amide bonds. The summed E-state index contributed by atoms with van der Waals surface area (Å²) in [6, 6.07) is 14.5. The maximum absolute atomic E-state index is 11.2. The van der Waals surface area contributed by atoms with Crippen molar-refractivity contribution >= 4 is 23.3 Å². The lowest BCUT2D eigenvalue weighted by Gasteiger charge is -2.13. The number of aliphatic carboxylic acids is 1. The quantitative estimate of drug-likeness (QED) is 0.689. The summed E-state index contributed by atoms with van der Waals surface area (Å²) in [7, 11) is 0. The highest BCUT2D eigenvalue weighted by atomic mass is 35.5. The van der Waals surface area contributed by atoms with Gasteiger partial charge in [-0.15, -0.1) is 10.2 Å². The summed E-state index contributed by atoms with van der Waals surface area (Å²) >= 11 is 6.27. The number of halogens is 1. The molecule has 0 radical (unpaired) electrons. The van der Waals surface area contributed by atoms with Crippen molar-refractivity contribution in [2.24, 2.45) is 4.99 Å². The average Bonchev–Trinajstić information content (AvgIpc) is 3.07. The molecule has 2 heterocycles. The predicted molar refractivity (Wildman–Crippen MR) is 104 cm³/mol. The number of benzene rings is 2. The lowest BCUT2D eigenvalue weighted by molar-refractivity contribution is -0.137. The van der Waals surface area contributed by atoms with Gasteiger partial charge >= 0.3 is 5.97 Å². The lowest BCUT2D eigenvalue weighted by atomic mass is 10.0. The number of nitrogens with zero attached hydrogens (tertiary/aromatic N) is 4. The van der Waals surface area contributed by atoms with E-state index in [0.29, 0.717) is 22.4 Å². The Balaban J connectivity index is 1.98. The maximum atomic E-state index is 11.2. The third kappa shape index (κ3) is 3.30. The molecule has 2 aromatic carbocycles. The summed E-state index contributed by atoms with van der Waals surface area (Å²) in [5.74, 6) is -0.0436. The van der Waals surface area contributed by atoms with E-state index < -0.39 is 12.0 Å². The molecule has 7 nitrogen and oxygen atoms in total. The number of aliphatic imine (C=N–C) groups is 1. The van der Waals surface area contributed by atoms with Gasteiger partial charge in [0.1, 0.15) is 12.6 Å². The molecule has 1 aromatic heterocycles. The first-order valence-corrected chi connectivity index (χ1v) is 9.16. The van der Waals surface area contributed by atoms with Crippen LogP contribution in [0.25, 0.3) is 5.69 Å². The Morgan fingerprint density at radius 2 is 1.93 bits per heavy atom. The zero-order valence-corrected chi connectivity index (χ0v) is 15.5. The monoisotopic (exact) mass is 396 g/mol. The van der Waals surface area contributed by atoms with Crippen molar-refractivity contribution in [3.8, 4) is 5.69 Å². The second-order valence-electron chi connectivity index (χ2n) is 6.42. The fraction of sp³-hybridized carbons (Fsp3) is 0.200. The van der Waals surface area contributed by atoms with E-state index in [1.807, 2.05) is 42.5 Å². The lowest BCUT2D eigenvalue weighted by Crippen LogP contribution is -2.10. The average molecular weight is 397 g/mol. The molecule has 0 aliphatic carbocycles. The second-order valence-corrected chi connectivity index (χ2v) is 6.86. The van der Waals surface area contributed by atoms with Crippen LogP contribution in [0.2, 0.25) is 5.02 Å². The molecule has 1 aliphatic heterocycles. The number of aromatic nitrogens is 3. The van der Waals surface area contributed by atoms with Gasteiger partial charge in [0, 0.05) is 22.6 Å². The molecule has 0 fully saturated rings. The molecule has 1 atom stereocenters. The standard InChI is InChI=1S/C20H17ClN4O3/c21-13-6-8-16-14(10-13)19(12-4-2-1-3-5-12)22-15(7-9-18(27)28)20-24-23-17(11-26)25(16)20/h1-6,8,10,15,26H,7,9,11H2,(H,27,28). The van der Waals surface area contributed by atoms with E-state index in [2.05, 4.69) is 10.2 Å². The van der Waals surface area contributed by atoms with Gasteiger partial charge < -0.3 is 10.2 Å². The van der Waals surface area contributed by atoms with Gasteiger partial charge in [0.15, 0.2) is 11.6 Å². The van der Waals surface area contributed by atoms with Crippen LogP contribution in [0.4, 0.5) is 0 Å². The number of carboxylic acid groups (broad SMARTS) is 1. The number of hydrogen-bond donors (Lipinski definition) is 2. The predicted octanol–water partition coefficient (Wildman–Crippen LogP) is 3.17. The maximum Gasteiger partial charge on any atom is 0.303 e. The van der Waals surface area contributed by atoms with Crippen molar-refractivity contribution in [1.82, 2.24) is 14.8 Å². The third-order valence-electron chi connectivity index (χ3n) is 4.61. The largest absolute Gasteiger partial charge is 0.481 e. The first-order valence-electron chi connectivity index (χ1n) is 8.79. The smallest absolute Gasteiger partial charge is 0.303 e. The second kappa shape index (κ2) is 7.53. The number of fused-ring (bicyclic) bond motifs is 3. The topological polar surface area (TPSA) is 101 Å². The summed E-state index contributed by atoms with van der Waals surface area (Å²) in [6.07, 6.45) is 0.200. The van der Waals surface area contributed by atoms with Crippen molar-refractivity contribution in [1.29, 1.82) is 0 Å². The van der Waals surface area contributed by atoms with Crippen LogP contribution < -0.4 is 0 Å². The fourth-order valence-corrected chi connectivity index (χ4v) is 3.54. The molecular weight excluding hydrogens is 380 g/mol. The number of aliphatic hydroxyl groups is 1. The van der Waals surface area contributed by atoms with E-state index in [4.69, 9.17) is 21.7 Å². The van der Waals surface area contributed by atoms with Gasteiger partial charge in [-0.2, -0.15) is 0 Å². The van der Waals surface area contributed by atoms with Gasteiger partial charge in [-0.25, -0.2) is 0 Å². The van der Waals surface area contributed by atoms with E-state index in [1.54, 1.807) is 10.6 Å². The minimum Gasteiger partial charge on any atom is -0.481 e. The van der Waals surface area contributed by atoms with Crippen LogP contribution in [0.3, 0.4) is 0 Å². The van der Waals surface area contributed by atoms with Crippen LogP contribution in [0, 0.1) is 0 Å². The molecule has 1 aliphatic rings. The van der Waals surface area contributed by atoms with Crippen LogP contribution in [0.15, 0.2) is 53.5 Å². The van der Waals surface area contributed by atoms with Crippen molar-refractivity contribution in [2.45, 2.75) is 25.5 Å². The molecular formula is C20H17ClN4O3. The Bertz CT molecular complexity index is 1060. The van der Waals surface area contributed by atoms with Crippen LogP contribution in [-0.4, -0.2) is 36.7 Å². The number of aliphatic hydroxyl groups excluding tert-OH is 1. The van der Waals surface area contributed by atoms with E-state index in [0.717, 1.165) is 16.8 Å². The Labute approximate surface area is 166 Å². The Morgan fingerprint density at radius 1 is 1.14 bits per heavy atom. The number of hydrogen-bond acceptors (Lipinski definition) is 5.